The smallest absolute Gasteiger partial charge is 0.338 e. The number of esters is 1. The van der Waals surface area contributed by atoms with Crippen molar-refractivity contribution in [2.75, 3.05) is 0 Å². The predicted octanol–water partition coefficient (Wildman–Crippen LogP) is 4.26. The number of non-ortho nitro benzene ring substituents is 1. The first-order valence-corrected chi connectivity index (χ1v) is 6.59. The Balaban J connectivity index is 2.12. The zero-order valence-corrected chi connectivity index (χ0v) is 12.1. The second-order valence-corrected chi connectivity index (χ2v) is 4.90. The molecule has 0 amide bonds. The number of hydrogen-bond donors (Lipinski definition) is 0. The highest BCUT2D eigenvalue weighted by atomic mass is 35.5. The van der Waals surface area contributed by atoms with E-state index in [0.717, 1.165) is 6.07 Å². The molecular weight excluding hydrogens is 317 g/mol. The van der Waals surface area contributed by atoms with Crippen molar-refractivity contribution < 1.29 is 14.5 Å². The molecule has 0 aliphatic rings. The van der Waals surface area contributed by atoms with Crippen LogP contribution in [0.15, 0.2) is 42.5 Å². The van der Waals surface area contributed by atoms with Gasteiger partial charge in [0, 0.05) is 27.7 Å². The van der Waals surface area contributed by atoms with E-state index in [1.807, 2.05) is 0 Å². The quantitative estimate of drug-likeness (QED) is 0.478. The summed E-state index contributed by atoms with van der Waals surface area (Å²) in [4.78, 5) is 22.0. The lowest BCUT2D eigenvalue weighted by atomic mass is 10.2. The van der Waals surface area contributed by atoms with Crippen LogP contribution in [0.25, 0.3) is 0 Å². The molecule has 0 atom stereocenters. The van der Waals surface area contributed by atoms with Crippen molar-refractivity contribution in [3.8, 4) is 0 Å². The Hall–Kier alpha value is -2.11. The molecule has 0 radical (unpaired) electrons. The molecule has 0 heterocycles. The summed E-state index contributed by atoms with van der Waals surface area (Å²) in [6, 6.07) is 10.2. The van der Waals surface area contributed by atoms with Gasteiger partial charge in [-0.3, -0.25) is 10.1 Å². The van der Waals surface area contributed by atoms with E-state index in [1.165, 1.54) is 18.2 Å². The SMILES string of the molecule is O=C(OCc1c(Cl)cccc1Cl)c1cccc([N+](=O)[O-])c1. The summed E-state index contributed by atoms with van der Waals surface area (Å²) in [5.41, 5.74) is 0.396. The Morgan fingerprint density at radius 1 is 1.14 bits per heavy atom. The van der Waals surface area contributed by atoms with Crippen molar-refractivity contribution in [3.05, 3.63) is 73.8 Å². The van der Waals surface area contributed by atoms with Gasteiger partial charge in [-0.25, -0.2) is 4.79 Å². The summed E-state index contributed by atoms with van der Waals surface area (Å²) in [5, 5.41) is 11.4. The molecule has 7 heteroatoms. The lowest BCUT2D eigenvalue weighted by Crippen LogP contribution is -2.06. The number of ether oxygens (including phenoxy) is 1. The highest BCUT2D eigenvalue weighted by Gasteiger charge is 2.14. The average molecular weight is 326 g/mol. The molecular formula is C14H9Cl2NO4. The zero-order valence-electron chi connectivity index (χ0n) is 10.6. The third-order valence-electron chi connectivity index (χ3n) is 2.70. The minimum atomic E-state index is -0.685. The maximum absolute atomic E-state index is 11.9. The van der Waals surface area contributed by atoms with E-state index in [2.05, 4.69) is 0 Å². The van der Waals surface area contributed by atoms with Crippen molar-refractivity contribution in [1.29, 1.82) is 0 Å². The Morgan fingerprint density at radius 3 is 2.38 bits per heavy atom. The maximum Gasteiger partial charge on any atom is 0.338 e. The Bertz CT molecular complexity index is 683. The fraction of sp³-hybridized carbons (Fsp3) is 0.0714. The van der Waals surface area contributed by atoms with Crippen LogP contribution in [-0.2, 0) is 11.3 Å². The molecule has 0 spiro atoms. The molecule has 0 aromatic heterocycles. The fourth-order valence-corrected chi connectivity index (χ4v) is 2.14. The number of nitro benzene ring substituents is 1. The summed E-state index contributed by atoms with van der Waals surface area (Å²) in [7, 11) is 0. The molecule has 0 saturated carbocycles. The molecule has 2 rings (SSSR count). The molecule has 5 nitrogen and oxygen atoms in total. The van der Waals surface area contributed by atoms with Crippen molar-refractivity contribution in [1.82, 2.24) is 0 Å². The van der Waals surface area contributed by atoms with Crippen LogP contribution in [0.4, 0.5) is 5.69 Å². The number of carbonyl (C=O) groups excluding carboxylic acids is 1. The normalized spacial score (nSPS) is 10.2. The van der Waals surface area contributed by atoms with Crippen molar-refractivity contribution in [2.45, 2.75) is 6.61 Å². The van der Waals surface area contributed by atoms with Gasteiger partial charge < -0.3 is 4.74 Å². The van der Waals surface area contributed by atoms with Crippen LogP contribution >= 0.6 is 23.2 Å². The van der Waals surface area contributed by atoms with E-state index >= 15 is 0 Å². The van der Waals surface area contributed by atoms with Gasteiger partial charge in [0.15, 0.2) is 0 Å². The zero-order chi connectivity index (χ0) is 15.4. The van der Waals surface area contributed by atoms with Crippen molar-refractivity contribution in [3.63, 3.8) is 0 Å². The third-order valence-corrected chi connectivity index (χ3v) is 3.41. The molecule has 2 aromatic rings. The summed E-state index contributed by atoms with van der Waals surface area (Å²) in [6.45, 7) is -0.111. The van der Waals surface area contributed by atoms with E-state index in [-0.39, 0.29) is 17.9 Å². The van der Waals surface area contributed by atoms with Crippen LogP contribution in [0.1, 0.15) is 15.9 Å². The molecule has 21 heavy (non-hydrogen) atoms. The number of hydrogen-bond acceptors (Lipinski definition) is 4. The largest absolute Gasteiger partial charge is 0.457 e. The number of nitro groups is 1. The second kappa shape index (κ2) is 6.56. The van der Waals surface area contributed by atoms with E-state index < -0.39 is 10.9 Å². The third kappa shape index (κ3) is 3.71. The molecule has 0 saturated heterocycles. The molecule has 0 aliphatic carbocycles. The number of nitrogens with zero attached hydrogens (tertiary/aromatic N) is 1. The first-order chi connectivity index (χ1) is 9.99. The van der Waals surface area contributed by atoms with Crippen LogP contribution < -0.4 is 0 Å². The minimum Gasteiger partial charge on any atom is -0.457 e. The Kier molecular flexibility index (Phi) is 4.77. The van der Waals surface area contributed by atoms with E-state index in [0.29, 0.717) is 15.6 Å². The molecule has 0 aliphatic heterocycles. The van der Waals surface area contributed by atoms with Gasteiger partial charge in [-0.2, -0.15) is 0 Å². The highest BCUT2D eigenvalue weighted by Crippen LogP contribution is 2.25. The standard InChI is InChI=1S/C14H9Cl2NO4/c15-12-5-2-6-13(16)11(12)8-21-14(18)9-3-1-4-10(7-9)17(19)20/h1-7H,8H2. The van der Waals surface area contributed by atoms with Gasteiger partial charge in [0.1, 0.15) is 6.61 Å². The van der Waals surface area contributed by atoms with Gasteiger partial charge in [-0.05, 0) is 18.2 Å². The van der Waals surface area contributed by atoms with Crippen LogP contribution in [-0.4, -0.2) is 10.9 Å². The van der Waals surface area contributed by atoms with Crippen LogP contribution in [0.3, 0.4) is 0 Å². The first kappa shape index (κ1) is 15.3. The van der Waals surface area contributed by atoms with E-state index in [4.69, 9.17) is 27.9 Å². The summed E-state index contributed by atoms with van der Waals surface area (Å²) >= 11 is 11.9. The summed E-state index contributed by atoms with van der Waals surface area (Å²) in [6.07, 6.45) is 0. The second-order valence-electron chi connectivity index (χ2n) is 4.08. The summed E-state index contributed by atoms with van der Waals surface area (Å²) < 4.78 is 5.08. The van der Waals surface area contributed by atoms with Gasteiger partial charge in [-0.1, -0.05) is 35.3 Å². The number of benzene rings is 2. The number of rotatable bonds is 4. The van der Waals surface area contributed by atoms with Gasteiger partial charge in [-0.15, -0.1) is 0 Å². The minimum absolute atomic E-state index is 0.0902. The number of halogens is 2. The molecule has 108 valence electrons. The highest BCUT2D eigenvalue weighted by molar-refractivity contribution is 6.35. The molecule has 0 fully saturated rings. The summed E-state index contributed by atoms with van der Waals surface area (Å²) in [5.74, 6) is -0.685. The Labute approximate surface area is 130 Å². The van der Waals surface area contributed by atoms with Gasteiger partial charge in [0.25, 0.3) is 5.69 Å². The van der Waals surface area contributed by atoms with E-state index in [9.17, 15) is 14.9 Å². The van der Waals surface area contributed by atoms with Crippen molar-refractivity contribution >= 4 is 34.9 Å². The monoisotopic (exact) mass is 325 g/mol. The topological polar surface area (TPSA) is 69.4 Å². The predicted molar refractivity (Wildman–Crippen MR) is 78.7 cm³/mol. The molecule has 2 aromatic carbocycles. The fourth-order valence-electron chi connectivity index (χ4n) is 1.64. The molecule has 0 N–H and O–H groups in total. The van der Waals surface area contributed by atoms with E-state index in [1.54, 1.807) is 18.2 Å². The van der Waals surface area contributed by atoms with Gasteiger partial charge in [0.05, 0.1) is 10.5 Å². The Morgan fingerprint density at radius 2 is 1.76 bits per heavy atom. The average Bonchev–Trinajstić information content (AvgIpc) is 2.46. The van der Waals surface area contributed by atoms with Crippen LogP contribution in [0.2, 0.25) is 10.0 Å². The van der Waals surface area contributed by atoms with Crippen LogP contribution in [0, 0.1) is 10.1 Å². The lowest BCUT2D eigenvalue weighted by molar-refractivity contribution is -0.384. The lowest BCUT2D eigenvalue weighted by Gasteiger charge is -2.08. The van der Waals surface area contributed by atoms with Crippen molar-refractivity contribution in [2.24, 2.45) is 0 Å². The maximum atomic E-state index is 11.9. The number of carbonyl (C=O) groups is 1. The van der Waals surface area contributed by atoms with Crippen LogP contribution in [0.5, 0.6) is 0 Å². The van der Waals surface area contributed by atoms with Gasteiger partial charge >= 0.3 is 5.97 Å². The molecule has 0 unspecified atom stereocenters. The molecule has 0 bridgehead atoms. The van der Waals surface area contributed by atoms with Gasteiger partial charge in [0.2, 0.25) is 0 Å². The first-order valence-electron chi connectivity index (χ1n) is 5.83.